The molecule has 0 spiro atoms. The summed E-state index contributed by atoms with van der Waals surface area (Å²) in [5.74, 6) is -0.353. The average Bonchev–Trinajstić information content (AvgIpc) is 2.76. The van der Waals surface area contributed by atoms with Gasteiger partial charge in [0.05, 0.1) is 5.69 Å². The highest BCUT2D eigenvalue weighted by Crippen LogP contribution is 2.21. The number of nitrogens with zero attached hydrogens (tertiary/aromatic N) is 3. The lowest BCUT2D eigenvalue weighted by molar-refractivity contribution is 0.101. The molecule has 2 heterocycles. The van der Waals surface area contributed by atoms with Crippen molar-refractivity contribution in [1.29, 1.82) is 0 Å². The lowest BCUT2D eigenvalue weighted by Crippen LogP contribution is -2.26. The van der Waals surface area contributed by atoms with Gasteiger partial charge in [0.2, 0.25) is 0 Å². The normalized spacial score (nSPS) is 10.6. The van der Waals surface area contributed by atoms with Gasteiger partial charge >= 0.3 is 0 Å². The molecule has 0 radical (unpaired) electrons. The number of unbranched alkanes of at least 4 members (excludes halogenated alkanes) is 1. The number of hydrogen-bond acceptors (Lipinski definition) is 5. The Labute approximate surface area is 126 Å². The first kappa shape index (κ1) is 15.4. The summed E-state index contributed by atoms with van der Waals surface area (Å²) in [5.41, 5.74) is 0.924. The van der Waals surface area contributed by atoms with Crippen LogP contribution in [0.25, 0.3) is 0 Å². The summed E-state index contributed by atoms with van der Waals surface area (Å²) in [6.07, 6.45) is 1.81. The van der Waals surface area contributed by atoms with Crippen molar-refractivity contribution < 1.29 is 4.79 Å². The summed E-state index contributed by atoms with van der Waals surface area (Å²) in [6.45, 7) is 6.40. The highest BCUT2D eigenvalue weighted by molar-refractivity contribution is 7.15. The molecule has 1 N–H and O–H groups in total. The highest BCUT2D eigenvalue weighted by atomic mass is 32.1. The number of carbonyl (C=O) groups excluding carboxylic acids is 1. The molecule has 2 rings (SSSR count). The van der Waals surface area contributed by atoms with E-state index in [0.717, 1.165) is 23.4 Å². The van der Waals surface area contributed by atoms with E-state index in [1.165, 1.54) is 28.2 Å². The fourth-order valence-electron chi connectivity index (χ4n) is 1.73. The third-order valence-electron chi connectivity index (χ3n) is 3.07. The predicted octanol–water partition coefficient (Wildman–Crippen LogP) is 2.37. The minimum absolute atomic E-state index is 0.194. The summed E-state index contributed by atoms with van der Waals surface area (Å²) < 4.78 is 1.33. The first-order valence-electron chi connectivity index (χ1n) is 6.84. The fraction of sp³-hybridized carbons (Fsp3) is 0.429. The lowest BCUT2D eigenvalue weighted by atomic mass is 10.3. The first-order chi connectivity index (χ1) is 10.0. The van der Waals surface area contributed by atoms with Gasteiger partial charge in [-0.1, -0.05) is 13.3 Å². The third-order valence-corrected chi connectivity index (χ3v) is 4.06. The van der Waals surface area contributed by atoms with E-state index >= 15 is 0 Å². The van der Waals surface area contributed by atoms with E-state index in [4.69, 9.17) is 0 Å². The zero-order valence-electron chi connectivity index (χ0n) is 12.3. The molecule has 2 aromatic heterocycles. The average molecular weight is 306 g/mol. The molecule has 0 aliphatic heterocycles. The van der Waals surface area contributed by atoms with E-state index in [1.54, 1.807) is 0 Å². The third kappa shape index (κ3) is 3.75. The van der Waals surface area contributed by atoms with E-state index < -0.39 is 0 Å². The number of amides is 1. The molecule has 0 aliphatic rings. The Morgan fingerprint density at radius 2 is 2.14 bits per heavy atom. The molecule has 6 nitrogen and oxygen atoms in total. The van der Waals surface area contributed by atoms with Crippen molar-refractivity contribution in [3.63, 3.8) is 0 Å². The van der Waals surface area contributed by atoms with E-state index in [-0.39, 0.29) is 17.2 Å². The number of anilines is 1. The second-order valence-electron chi connectivity index (χ2n) is 4.75. The second-order valence-corrected chi connectivity index (χ2v) is 5.95. The van der Waals surface area contributed by atoms with Crippen LogP contribution in [0.2, 0.25) is 0 Å². The Kier molecular flexibility index (Phi) is 4.85. The maximum absolute atomic E-state index is 12.1. The minimum atomic E-state index is -0.353. The summed E-state index contributed by atoms with van der Waals surface area (Å²) in [6, 6.07) is 2.81. The largest absolute Gasteiger partial charge is 0.296 e. The Morgan fingerprint density at radius 1 is 1.38 bits per heavy atom. The van der Waals surface area contributed by atoms with Gasteiger partial charge in [-0.25, -0.2) is 9.67 Å². The maximum atomic E-state index is 12.1. The number of aryl methyl sites for hydroxylation is 3. The first-order valence-corrected chi connectivity index (χ1v) is 7.66. The van der Waals surface area contributed by atoms with Crippen molar-refractivity contribution in [2.24, 2.45) is 0 Å². The molecule has 7 heteroatoms. The van der Waals surface area contributed by atoms with Crippen molar-refractivity contribution in [1.82, 2.24) is 14.8 Å². The number of rotatable bonds is 5. The van der Waals surface area contributed by atoms with Gasteiger partial charge in [0, 0.05) is 17.5 Å². The van der Waals surface area contributed by atoms with Crippen LogP contribution in [0.4, 0.5) is 5.13 Å². The van der Waals surface area contributed by atoms with Crippen molar-refractivity contribution >= 4 is 22.4 Å². The van der Waals surface area contributed by atoms with Crippen LogP contribution in [0.1, 0.15) is 40.8 Å². The number of nitrogens with one attached hydrogen (secondary N) is 1. The van der Waals surface area contributed by atoms with E-state index in [2.05, 4.69) is 15.4 Å². The molecule has 0 unspecified atom stereocenters. The van der Waals surface area contributed by atoms with Gasteiger partial charge in [-0.05, 0) is 26.3 Å². The van der Waals surface area contributed by atoms with Crippen LogP contribution in [-0.2, 0) is 6.54 Å². The van der Waals surface area contributed by atoms with Crippen molar-refractivity contribution in [3.05, 3.63) is 38.8 Å². The zero-order chi connectivity index (χ0) is 15.4. The van der Waals surface area contributed by atoms with E-state index in [0.29, 0.717) is 11.7 Å². The minimum Gasteiger partial charge on any atom is -0.296 e. The Morgan fingerprint density at radius 3 is 2.76 bits per heavy atom. The zero-order valence-corrected chi connectivity index (χ0v) is 13.2. The second kappa shape index (κ2) is 6.62. The molecule has 0 fully saturated rings. The van der Waals surface area contributed by atoms with Gasteiger partial charge in [0.1, 0.15) is 5.69 Å². The molecule has 1 amide bonds. The molecule has 0 bridgehead atoms. The SMILES string of the molecule is CCCCn1nc(C(=O)Nc2nc(C)c(C)s2)ccc1=O. The molecule has 0 atom stereocenters. The molecule has 0 saturated heterocycles. The predicted molar refractivity (Wildman–Crippen MR) is 82.9 cm³/mol. The van der Waals surface area contributed by atoms with Crippen LogP contribution in [0.3, 0.4) is 0 Å². The monoisotopic (exact) mass is 306 g/mol. The van der Waals surface area contributed by atoms with Crippen molar-refractivity contribution in [2.45, 2.75) is 40.2 Å². The highest BCUT2D eigenvalue weighted by Gasteiger charge is 2.12. The van der Waals surface area contributed by atoms with Crippen LogP contribution in [0, 0.1) is 13.8 Å². The topological polar surface area (TPSA) is 76.9 Å². The van der Waals surface area contributed by atoms with Crippen LogP contribution in [-0.4, -0.2) is 20.7 Å². The van der Waals surface area contributed by atoms with Gasteiger partial charge < -0.3 is 0 Å². The molecule has 112 valence electrons. The summed E-state index contributed by atoms with van der Waals surface area (Å²) in [7, 11) is 0. The summed E-state index contributed by atoms with van der Waals surface area (Å²) in [5, 5.41) is 7.36. The van der Waals surface area contributed by atoms with E-state index in [9.17, 15) is 9.59 Å². The number of aromatic nitrogens is 3. The molecule has 2 aromatic rings. The smallest absolute Gasteiger partial charge is 0.277 e. The van der Waals surface area contributed by atoms with Gasteiger partial charge in [0.25, 0.3) is 11.5 Å². The van der Waals surface area contributed by atoms with E-state index in [1.807, 2.05) is 20.8 Å². The molecule has 0 aliphatic carbocycles. The summed E-state index contributed by atoms with van der Waals surface area (Å²) >= 11 is 1.42. The number of hydrogen-bond donors (Lipinski definition) is 1. The Hall–Kier alpha value is -2.02. The van der Waals surface area contributed by atoms with Crippen LogP contribution in [0.15, 0.2) is 16.9 Å². The number of thiazole rings is 1. The lowest BCUT2D eigenvalue weighted by Gasteiger charge is -2.05. The van der Waals surface area contributed by atoms with Crippen molar-refractivity contribution in [3.8, 4) is 0 Å². The van der Waals surface area contributed by atoms with Crippen LogP contribution >= 0.6 is 11.3 Å². The Balaban J connectivity index is 2.17. The molecule has 0 saturated carbocycles. The fourth-order valence-corrected chi connectivity index (χ4v) is 2.54. The molecule has 0 aromatic carbocycles. The van der Waals surface area contributed by atoms with Gasteiger partial charge in [-0.15, -0.1) is 11.3 Å². The van der Waals surface area contributed by atoms with Gasteiger partial charge in [-0.3, -0.25) is 14.9 Å². The van der Waals surface area contributed by atoms with Crippen LogP contribution in [0.5, 0.6) is 0 Å². The van der Waals surface area contributed by atoms with Crippen LogP contribution < -0.4 is 10.9 Å². The molecule has 21 heavy (non-hydrogen) atoms. The summed E-state index contributed by atoms with van der Waals surface area (Å²) in [4.78, 5) is 29.1. The standard InChI is InChI=1S/C14H18N4O2S/c1-4-5-8-18-12(19)7-6-11(17-18)13(20)16-14-15-9(2)10(3)21-14/h6-7H,4-5,8H2,1-3H3,(H,15,16,20). The maximum Gasteiger partial charge on any atom is 0.277 e. The van der Waals surface area contributed by atoms with Gasteiger partial charge in [0.15, 0.2) is 5.13 Å². The Bertz CT molecular complexity index is 686. The molecular formula is C14H18N4O2S. The molecular weight excluding hydrogens is 288 g/mol. The van der Waals surface area contributed by atoms with Crippen molar-refractivity contribution in [2.75, 3.05) is 5.32 Å². The number of carbonyl (C=O) groups is 1. The van der Waals surface area contributed by atoms with Gasteiger partial charge in [-0.2, -0.15) is 5.10 Å². The quantitative estimate of drug-likeness (QED) is 0.920.